The molecule has 0 bridgehead atoms. The zero-order chi connectivity index (χ0) is 27.9. The quantitative estimate of drug-likeness (QED) is 0.398. The standard InChI is InChI=1S/C32H37N3O5/c1-3-39-24-15-13-23(14-16-24)30-29(31(36)33-27-11-7-8-12-28(27)40-4-2)25-9-5-6-10-26(25)32(37)35(30)18-17-34-19-21-38-22-20-34/h5-16,29-30H,3-4,17-22H2,1-2H3,(H,33,36)/t29-,30-/m0/s1. The minimum Gasteiger partial charge on any atom is -0.494 e. The van der Waals surface area contributed by atoms with E-state index >= 15 is 0 Å². The Morgan fingerprint density at radius 3 is 2.35 bits per heavy atom. The van der Waals surface area contributed by atoms with E-state index in [1.807, 2.05) is 91.5 Å². The molecule has 5 rings (SSSR count). The van der Waals surface area contributed by atoms with Crippen LogP contribution in [0.1, 0.15) is 47.3 Å². The zero-order valence-electron chi connectivity index (χ0n) is 23.2. The highest BCUT2D eigenvalue weighted by atomic mass is 16.5. The number of ether oxygens (including phenoxy) is 3. The number of hydrogen-bond donors (Lipinski definition) is 1. The normalized spacial score (nSPS) is 19.1. The molecule has 2 amide bonds. The molecule has 210 valence electrons. The first-order valence-electron chi connectivity index (χ1n) is 14.1. The van der Waals surface area contributed by atoms with Gasteiger partial charge in [0.05, 0.1) is 44.1 Å². The number of hydrogen-bond acceptors (Lipinski definition) is 6. The molecular weight excluding hydrogens is 506 g/mol. The van der Waals surface area contributed by atoms with E-state index in [4.69, 9.17) is 14.2 Å². The average Bonchev–Trinajstić information content (AvgIpc) is 2.99. The molecule has 0 unspecified atom stereocenters. The van der Waals surface area contributed by atoms with Crippen LogP contribution in [0.5, 0.6) is 11.5 Å². The molecule has 2 atom stereocenters. The molecule has 8 heteroatoms. The Morgan fingerprint density at radius 2 is 1.60 bits per heavy atom. The first-order valence-corrected chi connectivity index (χ1v) is 14.1. The molecule has 2 aliphatic heterocycles. The number of carbonyl (C=O) groups is 2. The van der Waals surface area contributed by atoms with Crippen LogP contribution in [0.2, 0.25) is 0 Å². The Hall–Kier alpha value is -3.88. The van der Waals surface area contributed by atoms with Gasteiger partial charge in [-0.05, 0) is 55.3 Å². The maximum Gasteiger partial charge on any atom is 0.254 e. The molecule has 1 saturated heterocycles. The SMILES string of the molecule is CCOc1ccc([C@H]2[C@@H](C(=O)Nc3ccccc3OCC)c3ccccc3C(=O)N2CCN2CCOCC2)cc1. The number of nitrogens with zero attached hydrogens (tertiary/aromatic N) is 2. The van der Waals surface area contributed by atoms with E-state index in [0.29, 0.717) is 56.5 Å². The lowest BCUT2D eigenvalue weighted by Crippen LogP contribution is -2.49. The summed E-state index contributed by atoms with van der Waals surface area (Å²) >= 11 is 0. The van der Waals surface area contributed by atoms with E-state index in [2.05, 4.69) is 10.2 Å². The van der Waals surface area contributed by atoms with Crippen LogP contribution < -0.4 is 14.8 Å². The molecule has 0 spiro atoms. The fourth-order valence-electron chi connectivity index (χ4n) is 5.56. The Bertz CT molecular complexity index is 1310. The molecule has 3 aromatic carbocycles. The molecule has 0 aliphatic carbocycles. The van der Waals surface area contributed by atoms with Crippen molar-refractivity contribution in [2.45, 2.75) is 25.8 Å². The van der Waals surface area contributed by atoms with Crippen molar-refractivity contribution < 1.29 is 23.8 Å². The molecule has 0 radical (unpaired) electrons. The number of nitrogens with one attached hydrogen (secondary N) is 1. The van der Waals surface area contributed by atoms with Gasteiger partial charge in [0.25, 0.3) is 5.91 Å². The first kappa shape index (κ1) is 27.7. The Balaban J connectivity index is 1.55. The predicted octanol–water partition coefficient (Wildman–Crippen LogP) is 4.74. The summed E-state index contributed by atoms with van der Waals surface area (Å²) in [6, 6.07) is 22.1. The van der Waals surface area contributed by atoms with Gasteiger partial charge in [-0.3, -0.25) is 14.5 Å². The van der Waals surface area contributed by atoms with Crippen molar-refractivity contribution in [3.63, 3.8) is 0 Å². The minimum atomic E-state index is -0.633. The van der Waals surface area contributed by atoms with Gasteiger partial charge in [0.2, 0.25) is 5.91 Å². The predicted molar refractivity (Wildman–Crippen MR) is 154 cm³/mol. The number of rotatable bonds is 10. The molecule has 8 nitrogen and oxygen atoms in total. The maximum absolute atomic E-state index is 14.2. The van der Waals surface area contributed by atoms with Gasteiger partial charge in [-0.2, -0.15) is 0 Å². The monoisotopic (exact) mass is 543 g/mol. The van der Waals surface area contributed by atoms with Crippen LogP contribution in [-0.2, 0) is 9.53 Å². The summed E-state index contributed by atoms with van der Waals surface area (Å²) < 4.78 is 17.0. The number of benzene rings is 3. The first-order chi connectivity index (χ1) is 19.6. The highest BCUT2D eigenvalue weighted by Gasteiger charge is 2.44. The van der Waals surface area contributed by atoms with E-state index in [0.717, 1.165) is 30.0 Å². The van der Waals surface area contributed by atoms with E-state index in [1.54, 1.807) is 0 Å². The molecule has 2 aliphatic rings. The maximum atomic E-state index is 14.2. The third-order valence-electron chi connectivity index (χ3n) is 7.46. The largest absolute Gasteiger partial charge is 0.494 e. The number of carbonyl (C=O) groups excluding carboxylic acids is 2. The van der Waals surface area contributed by atoms with Crippen molar-refractivity contribution in [1.82, 2.24) is 9.80 Å². The van der Waals surface area contributed by atoms with Crippen LogP contribution in [0.4, 0.5) is 5.69 Å². The summed E-state index contributed by atoms with van der Waals surface area (Å²) in [5, 5.41) is 3.12. The van der Waals surface area contributed by atoms with Gasteiger partial charge in [0, 0.05) is 31.7 Å². The van der Waals surface area contributed by atoms with Crippen molar-refractivity contribution >= 4 is 17.5 Å². The molecule has 3 aromatic rings. The van der Waals surface area contributed by atoms with Gasteiger partial charge in [-0.25, -0.2) is 0 Å². The topological polar surface area (TPSA) is 80.3 Å². The van der Waals surface area contributed by atoms with Crippen LogP contribution in [-0.4, -0.2) is 74.2 Å². The van der Waals surface area contributed by atoms with Crippen molar-refractivity contribution in [2.24, 2.45) is 0 Å². The lowest BCUT2D eigenvalue weighted by atomic mass is 9.79. The lowest BCUT2D eigenvalue weighted by Gasteiger charge is -2.43. The molecule has 2 heterocycles. The average molecular weight is 544 g/mol. The van der Waals surface area contributed by atoms with Crippen LogP contribution in [0.3, 0.4) is 0 Å². The summed E-state index contributed by atoms with van der Waals surface area (Å²) in [6.07, 6.45) is 0. The third kappa shape index (κ3) is 5.98. The van der Waals surface area contributed by atoms with Crippen molar-refractivity contribution in [2.75, 3.05) is 57.9 Å². The molecular formula is C32H37N3O5. The number of para-hydroxylation sites is 2. The van der Waals surface area contributed by atoms with E-state index in [9.17, 15) is 9.59 Å². The molecule has 1 fully saturated rings. The Kier molecular flexibility index (Phi) is 8.98. The summed E-state index contributed by atoms with van der Waals surface area (Å²) in [5.74, 6) is 0.468. The van der Waals surface area contributed by atoms with Gasteiger partial charge < -0.3 is 24.4 Å². The smallest absolute Gasteiger partial charge is 0.254 e. The summed E-state index contributed by atoms with van der Waals surface area (Å²) in [4.78, 5) is 32.4. The number of amides is 2. The van der Waals surface area contributed by atoms with Crippen LogP contribution in [0, 0.1) is 0 Å². The minimum absolute atomic E-state index is 0.0680. The fraction of sp³-hybridized carbons (Fsp3) is 0.375. The fourth-order valence-corrected chi connectivity index (χ4v) is 5.56. The van der Waals surface area contributed by atoms with Crippen molar-refractivity contribution in [3.05, 3.63) is 89.5 Å². The highest BCUT2D eigenvalue weighted by molar-refractivity contribution is 6.04. The Morgan fingerprint density at radius 1 is 0.900 bits per heavy atom. The van der Waals surface area contributed by atoms with E-state index < -0.39 is 12.0 Å². The van der Waals surface area contributed by atoms with Crippen LogP contribution in [0.15, 0.2) is 72.8 Å². The second kappa shape index (κ2) is 13.0. The van der Waals surface area contributed by atoms with Gasteiger partial charge in [-0.15, -0.1) is 0 Å². The summed E-state index contributed by atoms with van der Waals surface area (Å²) in [5.41, 5.74) is 2.77. The van der Waals surface area contributed by atoms with Crippen LogP contribution in [0.25, 0.3) is 0 Å². The Labute approximate surface area is 235 Å². The van der Waals surface area contributed by atoms with Crippen molar-refractivity contribution in [3.8, 4) is 11.5 Å². The summed E-state index contributed by atoms with van der Waals surface area (Å²) in [6.45, 7) is 9.11. The molecule has 40 heavy (non-hydrogen) atoms. The van der Waals surface area contributed by atoms with Crippen molar-refractivity contribution in [1.29, 1.82) is 0 Å². The summed E-state index contributed by atoms with van der Waals surface area (Å²) in [7, 11) is 0. The van der Waals surface area contributed by atoms with Gasteiger partial charge in [0.1, 0.15) is 11.5 Å². The second-order valence-electron chi connectivity index (χ2n) is 9.88. The second-order valence-corrected chi connectivity index (χ2v) is 9.88. The molecule has 1 N–H and O–H groups in total. The van der Waals surface area contributed by atoms with E-state index in [1.165, 1.54) is 0 Å². The molecule has 0 saturated carbocycles. The zero-order valence-corrected chi connectivity index (χ0v) is 23.2. The highest BCUT2D eigenvalue weighted by Crippen LogP contribution is 2.44. The number of fused-ring (bicyclic) bond motifs is 1. The number of morpholine rings is 1. The number of anilines is 1. The van der Waals surface area contributed by atoms with Gasteiger partial charge in [0.15, 0.2) is 0 Å². The third-order valence-corrected chi connectivity index (χ3v) is 7.46. The van der Waals surface area contributed by atoms with Crippen LogP contribution >= 0.6 is 0 Å². The van der Waals surface area contributed by atoms with Gasteiger partial charge >= 0.3 is 0 Å². The molecule has 0 aromatic heterocycles. The van der Waals surface area contributed by atoms with Gasteiger partial charge in [-0.1, -0.05) is 42.5 Å². The van der Waals surface area contributed by atoms with E-state index in [-0.39, 0.29) is 11.8 Å². The lowest BCUT2D eigenvalue weighted by molar-refractivity contribution is -0.119.